The van der Waals surface area contributed by atoms with Gasteiger partial charge < -0.3 is 10.6 Å². The molecule has 0 aliphatic rings. The number of likely N-dealkylation sites (N-methyl/N-ethyl adjacent to an activating group) is 2. The number of rotatable bonds is 8. The highest BCUT2D eigenvalue weighted by Crippen LogP contribution is 2.12. The van der Waals surface area contributed by atoms with Crippen molar-refractivity contribution in [3.63, 3.8) is 0 Å². The summed E-state index contributed by atoms with van der Waals surface area (Å²) in [5, 5.41) is 5.88. The van der Waals surface area contributed by atoms with Crippen molar-refractivity contribution in [1.82, 2.24) is 14.9 Å². The van der Waals surface area contributed by atoms with Crippen molar-refractivity contribution in [2.75, 3.05) is 26.7 Å². The maximum absolute atomic E-state index is 12.2. The van der Waals surface area contributed by atoms with Gasteiger partial charge in [-0.25, -0.2) is 8.42 Å². The lowest BCUT2D eigenvalue weighted by Crippen LogP contribution is -2.43. The number of nitrogens with one attached hydrogen (secondary N) is 2. The first kappa shape index (κ1) is 20.9. The van der Waals surface area contributed by atoms with Crippen molar-refractivity contribution in [2.45, 2.75) is 24.8 Å². The molecule has 0 saturated heterocycles. The zero-order valence-corrected chi connectivity index (χ0v) is 14.7. The molecule has 6 nitrogen and oxygen atoms in total. The van der Waals surface area contributed by atoms with Crippen LogP contribution in [0.4, 0.5) is 0 Å². The van der Waals surface area contributed by atoms with E-state index in [4.69, 9.17) is 0 Å². The minimum Gasteiger partial charge on any atom is -0.353 e. The second-order valence-electron chi connectivity index (χ2n) is 4.84. The van der Waals surface area contributed by atoms with Gasteiger partial charge in [0.05, 0.1) is 11.4 Å². The molecule has 0 heterocycles. The van der Waals surface area contributed by atoms with E-state index in [1.165, 1.54) is 19.2 Å². The fourth-order valence-electron chi connectivity index (χ4n) is 1.80. The van der Waals surface area contributed by atoms with E-state index in [1.54, 1.807) is 18.2 Å². The summed E-state index contributed by atoms with van der Waals surface area (Å²) >= 11 is 0. The first-order chi connectivity index (χ1) is 9.87. The fraction of sp³-hybridized carbons (Fsp3) is 0.500. The highest BCUT2D eigenvalue weighted by molar-refractivity contribution is 7.89. The van der Waals surface area contributed by atoms with Crippen LogP contribution in [0.1, 0.15) is 13.8 Å². The lowest BCUT2D eigenvalue weighted by atomic mass is 10.3. The highest BCUT2D eigenvalue weighted by atomic mass is 35.5. The molecule has 22 heavy (non-hydrogen) atoms. The van der Waals surface area contributed by atoms with Crippen LogP contribution in [0.25, 0.3) is 0 Å². The molecule has 126 valence electrons. The molecule has 2 N–H and O–H groups in total. The predicted octanol–water partition coefficient (Wildman–Crippen LogP) is 0.843. The third-order valence-electron chi connectivity index (χ3n) is 2.98. The van der Waals surface area contributed by atoms with Crippen LogP contribution in [0, 0.1) is 0 Å². The van der Waals surface area contributed by atoms with Gasteiger partial charge in [0.1, 0.15) is 0 Å². The lowest BCUT2D eigenvalue weighted by molar-refractivity contribution is -0.121. The molecule has 8 heteroatoms. The average Bonchev–Trinajstić information content (AvgIpc) is 2.46. The summed E-state index contributed by atoms with van der Waals surface area (Å²) in [7, 11) is -2.23. The fourth-order valence-corrected chi connectivity index (χ4v) is 2.95. The molecular formula is C14H24ClN3O3S. The molecule has 0 unspecified atom stereocenters. The Labute approximate surface area is 138 Å². The normalized spacial score (nSPS) is 12.5. The Kier molecular flexibility index (Phi) is 9.27. The lowest BCUT2D eigenvalue weighted by Gasteiger charge is -2.18. The van der Waals surface area contributed by atoms with Crippen LogP contribution in [0.15, 0.2) is 35.2 Å². The first-order valence-corrected chi connectivity index (χ1v) is 8.33. The minimum atomic E-state index is -3.63. The molecule has 1 atom stereocenters. The quantitative estimate of drug-likeness (QED) is 0.729. The summed E-state index contributed by atoms with van der Waals surface area (Å²) in [4.78, 5) is 12.0. The molecule has 0 saturated carbocycles. The molecular weight excluding hydrogens is 326 g/mol. The van der Waals surface area contributed by atoms with Crippen LogP contribution in [0.2, 0.25) is 0 Å². The van der Waals surface area contributed by atoms with Crippen LogP contribution in [-0.4, -0.2) is 51.4 Å². The topological polar surface area (TPSA) is 78.5 Å². The van der Waals surface area contributed by atoms with Gasteiger partial charge in [-0.15, -0.1) is 12.4 Å². The molecule has 0 spiro atoms. The Hall–Kier alpha value is -1.15. The summed E-state index contributed by atoms with van der Waals surface area (Å²) in [6.45, 7) is 5.02. The summed E-state index contributed by atoms with van der Waals surface area (Å²) < 4.78 is 25.5. The smallest absolute Gasteiger partial charge is 0.243 e. The monoisotopic (exact) mass is 349 g/mol. The van der Waals surface area contributed by atoms with Crippen molar-refractivity contribution in [3.8, 4) is 0 Å². The number of nitrogens with zero attached hydrogens (tertiary/aromatic N) is 1. The largest absolute Gasteiger partial charge is 0.353 e. The molecule has 0 aliphatic heterocycles. The summed E-state index contributed by atoms with van der Waals surface area (Å²) in [6, 6.07) is 8.22. The number of carbonyl (C=O) groups is 1. The number of benzene rings is 1. The Morgan fingerprint density at radius 3 is 2.41 bits per heavy atom. The van der Waals surface area contributed by atoms with Crippen molar-refractivity contribution in [3.05, 3.63) is 30.3 Å². The van der Waals surface area contributed by atoms with E-state index >= 15 is 0 Å². The van der Waals surface area contributed by atoms with Crippen molar-refractivity contribution >= 4 is 28.3 Å². The molecule has 1 aromatic carbocycles. The molecule has 0 radical (unpaired) electrons. The highest BCUT2D eigenvalue weighted by Gasteiger charge is 2.22. The van der Waals surface area contributed by atoms with E-state index in [-0.39, 0.29) is 35.8 Å². The van der Waals surface area contributed by atoms with Crippen LogP contribution in [0.3, 0.4) is 0 Å². The molecule has 1 rings (SSSR count). The first-order valence-electron chi connectivity index (χ1n) is 6.89. The molecule has 0 aliphatic carbocycles. The van der Waals surface area contributed by atoms with Crippen LogP contribution in [-0.2, 0) is 14.8 Å². The van der Waals surface area contributed by atoms with Gasteiger partial charge in [0.2, 0.25) is 15.9 Å². The molecule has 1 aromatic rings. The van der Waals surface area contributed by atoms with Gasteiger partial charge in [-0.3, -0.25) is 4.79 Å². The van der Waals surface area contributed by atoms with E-state index in [1.807, 2.05) is 13.8 Å². The van der Waals surface area contributed by atoms with Gasteiger partial charge in [-0.05, 0) is 25.6 Å². The standard InChI is InChI=1S/C14H23N3O3S.ClH/c1-4-15-12(2)10-16-14(18)11-17(3)21(19,20)13-8-6-5-7-9-13;/h5-9,12,15H,4,10-11H2,1-3H3,(H,16,18);1H/t12-;/m1./s1. The number of sulfonamides is 1. The van der Waals surface area contributed by atoms with Gasteiger partial charge in [-0.1, -0.05) is 25.1 Å². The number of halogens is 1. The van der Waals surface area contributed by atoms with Gasteiger partial charge in [0.25, 0.3) is 0 Å². The van der Waals surface area contributed by atoms with E-state index in [0.717, 1.165) is 10.8 Å². The summed E-state index contributed by atoms with van der Waals surface area (Å²) in [6.07, 6.45) is 0. The number of amides is 1. The number of carbonyl (C=O) groups excluding carboxylic acids is 1. The average molecular weight is 350 g/mol. The second-order valence-corrected chi connectivity index (χ2v) is 6.88. The summed E-state index contributed by atoms with van der Waals surface area (Å²) in [5.74, 6) is -0.318. The number of hydrogen-bond acceptors (Lipinski definition) is 4. The zero-order valence-electron chi connectivity index (χ0n) is 13.1. The van der Waals surface area contributed by atoms with Crippen LogP contribution in [0.5, 0.6) is 0 Å². The molecule has 0 fully saturated rings. The SMILES string of the molecule is CCN[C@H](C)CNC(=O)CN(C)S(=O)(=O)c1ccccc1.Cl. The van der Waals surface area contributed by atoms with E-state index in [2.05, 4.69) is 10.6 Å². The Bertz CT molecular complexity index is 552. The Morgan fingerprint density at radius 1 is 1.27 bits per heavy atom. The van der Waals surface area contributed by atoms with Crippen molar-refractivity contribution in [1.29, 1.82) is 0 Å². The van der Waals surface area contributed by atoms with E-state index in [9.17, 15) is 13.2 Å². The van der Waals surface area contributed by atoms with Gasteiger partial charge >= 0.3 is 0 Å². The number of hydrogen-bond donors (Lipinski definition) is 2. The van der Waals surface area contributed by atoms with Crippen molar-refractivity contribution in [2.24, 2.45) is 0 Å². The van der Waals surface area contributed by atoms with Crippen LogP contribution >= 0.6 is 12.4 Å². The zero-order chi connectivity index (χ0) is 15.9. The Balaban J connectivity index is 0.00000441. The molecule has 1 amide bonds. The van der Waals surface area contributed by atoms with E-state index in [0.29, 0.717) is 6.54 Å². The maximum atomic E-state index is 12.2. The van der Waals surface area contributed by atoms with Gasteiger partial charge in [0.15, 0.2) is 0 Å². The molecule has 0 aromatic heterocycles. The maximum Gasteiger partial charge on any atom is 0.243 e. The van der Waals surface area contributed by atoms with E-state index < -0.39 is 10.0 Å². The minimum absolute atomic E-state index is 0. The van der Waals surface area contributed by atoms with Gasteiger partial charge in [-0.2, -0.15) is 4.31 Å². The Morgan fingerprint density at radius 2 is 1.86 bits per heavy atom. The van der Waals surface area contributed by atoms with Crippen LogP contribution < -0.4 is 10.6 Å². The molecule has 0 bridgehead atoms. The second kappa shape index (κ2) is 9.78. The third kappa shape index (κ3) is 6.31. The van der Waals surface area contributed by atoms with Gasteiger partial charge in [0, 0.05) is 19.6 Å². The summed E-state index contributed by atoms with van der Waals surface area (Å²) in [5.41, 5.74) is 0. The predicted molar refractivity (Wildman–Crippen MR) is 89.7 cm³/mol. The third-order valence-corrected chi connectivity index (χ3v) is 4.79. The van der Waals surface area contributed by atoms with Crippen molar-refractivity contribution < 1.29 is 13.2 Å².